The van der Waals surface area contributed by atoms with Crippen LogP contribution >= 0.6 is 0 Å². The first-order valence-electron chi connectivity index (χ1n) is 9.17. The SMILES string of the molecule is O=C(NC1CC1)C1CNCCN1C(=O)c1cnc(Nc2ccccc2)nc1. The predicted molar refractivity (Wildman–Crippen MR) is 101 cm³/mol. The van der Waals surface area contributed by atoms with Crippen LogP contribution < -0.4 is 16.0 Å². The molecule has 2 amide bonds. The molecule has 1 saturated heterocycles. The minimum absolute atomic E-state index is 0.0960. The summed E-state index contributed by atoms with van der Waals surface area (Å²) in [6, 6.07) is 9.33. The fourth-order valence-corrected chi connectivity index (χ4v) is 3.03. The molecule has 2 aliphatic rings. The second-order valence-electron chi connectivity index (χ2n) is 6.79. The van der Waals surface area contributed by atoms with Crippen molar-refractivity contribution in [3.63, 3.8) is 0 Å². The smallest absolute Gasteiger partial charge is 0.257 e. The number of hydrogen-bond acceptors (Lipinski definition) is 6. The Morgan fingerprint density at radius 1 is 1.11 bits per heavy atom. The van der Waals surface area contributed by atoms with E-state index in [0.29, 0.717) is 31.1 Å². The Hall–Kier alpha value is -3.00. The van der Waals surface area contributed by atoms with Crippen molar-refractivity contribution in [3.8, 4) is 0 Å². The van der Waals surface area contributed by atoms with Gasteiger partial charge in [0.15, 0.2) is 0 Å². The molecule has 1 aromatic heterocycles. The largest absolute Gasteiger partial charge is 0.352 e. The second-order valence-corrected chi connectivity index (χ2v) is 6.79. The number of nitrogens with zero attached hydrogens (tertiary/aromatic N) is 3. The number of anilines is 2. The maximum atomic E-state index is 12.9. The van der Waals surface area contributed by atoms with Crippen LogP contribution in [0.4, 0.5) is 11.6 Å². The number of amides is 2. The van der Waals surface area contributed by atoms with Gasteiger partial charge in [-0.1, -0.05) is 18.2 Å². The summed E-state index contributed by atoms with van der Waals surface area (Å²) in [4.78, 5) is 35.4. The maximum absolute atomic E-state index is 12.9. The molecule has 2 heterocycles. The van der Waals surface area contributed by atoms with Gasteiger partial charge >= 0.3 is 0 Å². The van der Waals surface area contributed by atoms with E-state index in [4.69, 9.17) is 0 Å². The van der Waals surface area contributed by atoms with Crippen LogP contribution in [0.25, 0.3) is 0 Å². The molecule has 2 aromatic rings. The third kappa shape index (κ3) is 4.22. The van der Waals surface area contributed by atoms with Crippen molar-refractivity contribution in [2.75, 3.05) is 25.0 Å². The van der Waals surface area contributed by atoms with E-state index in [1.165, 1.54) is 12.4 Å². The minimum atomic E-state index is -0.506. The molecule has 0 radical (unpaired) electrons. The molecule has 0 bridgehead atoms. The highest BCUT2D eigenvalue weighted by Gasteiger charge is 2.35. The van der Waals surface area contributed by atoms with E-state index < -0.39 is 6.04 Å². The number of benzene rings is 1. The lowest BCUT2D eigenvalue weighted by atomic mass is 10.1. The van der Waals surface area contributed by atoms with Crippen LogP contribution in [0.15, 0.2) is 42.7 Å². The molecule has 4 rings (SSSR count). The highest BCUT2D eigenvalue weighted by molar-refractivity contribution is 5.97. The first-order chi connectivity index (χ1) is 13.2. The van der Waals surface area contributed by atoms with E-state index >= 15 is 0 Å². The van der Waals surface area contributed by atoms with Gasteiger partial charge in [0.2, 0.25) is 11.9 Å². The monoisotopic (exact) mass is 366 g/mol. The van der Waals surface area contributed by atoms with Crippen LogP contribution in [0.5, 0.6) is 0 Å². The lowest BCUT2D eigenvalue weighted by Crippen LogP contribution is -2.59. The van der Waals surface area contributed by atoms with E-state index in [9.17, 15) is 9.59 Å². The van der Waals surface area contributed by atoms with Crippen molar-refractivity contribution in [2.24, 2.45) is 0 Å². The Balaban J connectivity index is 1.44. The van der Waals surface area contributed by atoms with Gasteiger partial charge in [0, 0.05) is 43.8 Å². The summed E-state index contributed by atoms with van der Waals surface area (Å²) < 4.78 is 0. The van der Waals surface area contributed by atoms with Gasteiger partial charge in [0.05, 0.1) is 5.56 Å². The summed E-state index contributed by atoms with van der Waals surface area (Å²) in [5, 5.41) is 9.25. The molecule has 3 N–H and O–H groups in total. The number of carbonyl (C=O) groups is 2. The normalized spacial score (nSPS) is 19.4. The molecule has 8 heteroatoms. The van der Waals surface area contributed by atoms with Gasteiger partial charge in [-0.15, -0.1) is 0 Å². The van der Waals surface area contributed by atoms with Gasteiger partial charge in [-0.3, -0.25) is 9.59 Å². The Morgan fingerprint density at radius 3 is 2.56 bits per heavy atom. The zero-order valence-electron chi connectivity index (χ0n) is 14.9. The van der Waals surface area contributed by atoms with Gasteiger partial charge < -0.3 is 20.9 Å². The molecule has 1 aromatic carbocycles. The third-order valence-electron chi connectivity index (χ3n) is 4.66. The Morgan fingerprint density at radius 2 is 1.85 bits per heavy atom. The number of piperazine rings is 1. The lowest BCUT2D eigenvalue weighted by Gasteiger charge is -2.35. The maximum Gasteiger partial charge on any atom is 0.257 e. The number of hydrogen-bond donors (Lipinski definition) is 3. The number of nitrogens with one attached hydrogen (secondary N) is 3. The van der Waals surface area contributed by atoms with E-state index in [0.717, 1.165) is 18.5 Å². The zero-order chi connectivity index (χ0) is 18.6. The summed E-state index contributed by atoms with van der Waals surface area (Å²) in [5.41, 5.74) is 1.25. The Kier molecular flexibility index (Phi) is 4.97. The molecule has 1 aliphatic carbocycles. The Bertz CT molecular complexity index is 807. The molecule has 1 saturated carbocycles. The molecule has 140 valence electrons. The van der Waals surface area contributed by atoms with Crippen LogP contribution in [0, 0.1) is 0 Å². The van der Waals surface area contributed by atoms with Crippen molar-refractivity contribution in [2.45, 2.75) is 24.9 Å². The number of rotatable bonds is 5. The molecule has 1 atom stereocenters. The molecule has 0 spiro atoms. The van der Waals surface area contributed by atoms with E-state index in [2.05, 4.69) is 25.9 Å². The molecule has 2 fully saturated rings. The molecule has 27 heavy (non-hydrogen) atoms. The standard InChI is InChI=1S/C19H22N6O2/c26-17(23-15-6-7-15)16-12-20-8-9-25(16)18(27)13-10-21-19(22-11-13)24-14-4-2-1-3-5-14/h1-5,10-11,15-16,20H,6-9,12H2,(H,23,26)(H,21,22,24). The van der Waals surface area contributed by atoms with Crippen LogP contribution in [-0.2, 0) is 4.79 Å². The first kappa shape index (κ1) is 17.4. The third-order valence-corrected chi connectivity index (χ3v) is 4.66. The molecule has 1 unspecified atom stereocenters. The first-order valence-corrected chi connectivity index (χ1v) is 9.17. The van der Waals surface area contributed by atoms with Crippen molar-refractivity contribution in [1.29, 1.82) is 0 Å². The Labute approximate surface area is 157 Å². The fraction of sp³-hybridized carbons (Fsp3) is 0.368. The highest BCUT2D eigenvalue weighted by Crippen LogP contribution is 2.20. The number of carbonyl (C=O) groups excluding carboxylic acids is 2. The van der Waals surface area contributed by atoms with Crippen LogP contribution in [0.2, 0.25) is 0 Å². The van der Waals surface area contributed by atoms with Crippen molar-refractivity contribution < 1.29 is 9.59 Å². The molecular formula is C19H22N6O2. The number of para-hydroxylation sites is 1. The average Bonchev–Trinajstić information content (AvgIpc) is 3.53. The van der Waals surface area contributed by atoms with E-state index in [-0.39, 0.29) is 17.9 Å². The summed E-state index contributed by atoms with van der Waals surface area (Å²) in [6.45, 7) is 1.60. The number of aromatic nitrogens is 2. The van der Waals surface area contributed by atoms with Gasteiger partial charge in [0.1, 0.15) is 6.04 Å². The van der Waals surface area contributed by atoms with E-state index in [1.54, 1.807) is 4.90 Å². The second kappa shape index (κ2) is 7.71. The van der Waals surface area contributed by atoms with Gasteiger partial charge in [-0.2, -0.15) is 0 Å². The molecule has 8 nitrogen and oxygen atoms in total. The van der Waals surface area contributed by atoms with Crippen LogP contribution in [0.3, 0.4) is 0 Å². The minimum Gasteiger partial charge on any atom is -0.352 e. The predicted octanol–water partition coefficient (Wildman–Crippen LogP) is 0.913. The van der Waals surface area contributed by atoms with Crippen LogP contribution in [0.1, 0.15) is 23.2 Å². The van der Waals surface area contributed by atoms with Crippen LogP contribution in [-0.4, -0.2) is 58.4 Å². The summed E-state index contributed by atoms with van der Waals surface area (Å²) in [5.74, 6) is 0.0983. The summed E-state index contributed by atoms with van der Waals surface area (Å²) in [6.07, 6.45) is 5.03. The molecular weight excluding hydrogens is 344 g/mol. The lowest BCUT2D eigenvalue weighted by molar-refractivity contribution is -0.126. The fourth-order valence-electron chi connectivity index (χ4n) is 3.03. The highest BCUT2D eigenvalue weighted by atomic mass is 16.2. The van der Waals surface area contributed by atoms with Crippen molar-refractivity contribution in [3.05, 3.63) is 48.3 Å². The van der Waals surface area contributed by atoms with Crippen molar-refractivity contribution in [1.82, 2.24) is 25.5 Å². The van der Waals surface area contributed by atoms with Gasteiger partial charge in [-0.05, 0) is 25.0 Å². The summed E-state index contributed by atoms with van der Waals surface area (Å²) in [7, 11) is 0. The van der Waals surface area contributed by atoms with Gasteiger partial charge in [0.25, 0.3) is 5.91 Å². The van der Waals surface area contributed by atoms with Crippen molar-refractivity contribution >= 4 is 23.5 Å². The molecule has 1 aliphatic heterocycles. The van der Waals surface area contributed by atoms with E-state index in [1.807, 2.05) is 30.3 Å². The quantitative estimate of drug-likeness (QED) is 0.728. The topological polar surface area (TPSA) is 99.3 Å². The average molecular weight is 366 g/mol. The van der Waals surface area contributed by atoms with Gasteiger partial charge in [-0.25, -0.2) is 9.97 Å². The summed E-state index contributed by atoms with van der Waals surface area (Å²) >= 11 is 0. The zero-order valence-corrected chi connectivity index (χ0v) is 14.9.